The van der Waals surface area contributed by atoms with Gasteiger partial charge in [-0.15, -0.1) is 0 Å². The van der Waals surface area contributed by atoms with E-state index in [4.69, 9.17) is 14.2 Å². The number of H-pyrrole nitrogens is 1. The van der Waals surface area contributed by atoms with E-state index in [1.807, 2.05) is 12.1 Å². The Hall–Kier alpha value is -3.98. The van der Waals surface area contributed by atoms with Crippen LogP contribution in [0.4, 0.5) is 5.69 Å². The molecule has 2 heterocycles. The Kier molecular flexibility index (Phi) is 5.74. The van der Waals surface area contributed by atoms with Gasteiger partial charge in [0.2, 0.25) is 0 Å². The van der Waals surface area contributed by atoms with E-state index in [1.165, 1.54) is 24.3 Å². The maximum Gasteiger partial charge on any atom is 0.357 e. The molecular weight excluding hydrogens is 414 g/mol. The molecule has 0 aliphatic rings. The number of nitrogens with one attached hydrogen (secondary N) is 1. The van der Waals surface area contributed by atoms with Crippen LogP contribution in [-0.4, -0.2) is 34.1 Å². The van der Waals surface area contributed by atoms with Gasteiger partial charge in [-0.3, -0.25) is 10.1 Å². The number of methoxy groups -OCH3 is 1. The van der Waals surface area contributed by atoms with Crippen molar-refractivity contribution in [1.29, 1.82) is 0 Å². The van der Waals surface area contributed by atoms with E-state index in [1.54, 1.807) is 33.2 Å². The number of nitrogens with zero attached hydrogens (tertiary/aromatic N) is 2. The molecule has 9 heteroatoms. The summed E-state index contributed by atoms with van der Waals surface area (Å²) in [5.74, 6) is 0.436. The summed E-state index contributed by atoms with van der Waals surface area (Å²) in [5, 5.41) is 12.4. The van der Waals surface area contributed by atoms with Gasteiger partial charge < -0.3 is 19.2 Å². The second kappa shape index (κ2) is 8.64. The molecule has 0 saturated carbocycles. The number of non-ortho nitro benzene ring substituents is 1. The summed E-state index contributed by atoms with van der Waals surface area (Å²) in [4.78, 5) is 30.7. The summed E-state index contributed by atoms with van der Waals surface area (Å²) < 4.78 is 16.8. The zero-order valence-electron chi connectivity index (χ0n) is 17.7. The number of carbonyl (C=O) groups is 1. The van der Waals surface area contributed by atoms with Gasteiger partial charge in [0.05, 0.1) is 40.3 Å². The van der Waals surface area contributed by atoms with Crippen LogP contribution in [0.1, 0.15) is 29.9 Å². The largest absolute Gasteiger partial charge is 0.458 e. The Balaban J connectivity index is 1.88. The van der Waals surface area contributed by atoms with Gasteiger partial charge in [-0.25, -0.2) is 9.78 Å². The van der Waals surface area contributed by atoms with Gasteiger partial charge in [0.15, 0.2) is 5.69 Å². The quantitative estimate of drug-likeness (QED) is 0.243. The van der Waals surface area contributed by atoms with E-state index in [9.17, 15) is 14.9 Å². The minimum absolute atomic E-state index is 0.0237. The number of carbonyl (C=O) groups excluding carboxylic acids is 1. The minimum atomic E-state index is -0.530. The maximum atomic E-state index is 12.7. The van der Waals surface area contributed by atoms with E-state index in [2.05, 4.69) is 9.97 Å². The van der Waals surface area contributed by atoms with Crippen molar-refractivity contribution in [3.8, 4) is 11.5 Å². The number of rotatable bonds is 7. The van der Waals surface area contributed by atoms with Crippen molar-refractivity contribution in [3.05, 3.63) is 70.0 Å². The Labute approximate surface area is 183 Å². The predicted molar refractivity (Wildman–Crippen MR) is 118 cm³/mol. The lowest BCUT2D eigenvalue weighted by atomic mass is 10.0. The van der Waals surface area contributed by atoms with Gasteiger partial charge in [-0.05, 0) is 38.1 Å². The number of aromatic nitrogens is 2. The third-order valence-electron chi connectivity index (χ3n) is 4.83. The summed E-state index contributed by atoms with van der Waals surface area (Å²) in [6.07, 6.45) is 1.29. The van der Waals surface area contributed by atoms with Crippen LogP contribution in [0.2, 0.25) is 0 Å². The molecule has 0 spiro atoms. The van der Waals surface area contributed by atoms with Crippen molar-refractivity contribution in [2.45, 2.75) is 26.6 Å². The normalized spacial score (nSPS) is 11.2. The van der Waals surface area contributed by atoms with Gasteiger partial charge in [-0.1, -0.05) is 6.07 Å². The van der Waals surface area contributed by atoms with Gasteiger partial charge in [0, 0.05) is 30.2 Å². The molecule has 0 aliphatic carbocycles. The number of esters is 1. The average molecular weight is 435 g/mol. The van der Waals surface area contributed by atoms with Gasteiger partial charge in [0.25, 0.3) is 5.69 Å². The SMILES string of the molecule is COCc1c(C(=O)OC(C)C)ncc2[nH]c3cccc(Oc4ccc([N+](=O)[O-])cc4)c3c12. The van der Waals surface area contributed by atoms with Crippen LogP contribution in [-0.2, 0) is 16.1 Å². The highest BCUT2D eigenvalue weighted by Crippen LogP contribution is 2.38. The molecule has 0 radical (unpaired) electrons. The van der Waals surface area contributed by atoms with E-state index in [-0.39, 0.29) is 24.1 Å². The first-order chi connectivity index (χ1) is 15.4. The van der Waals surface area contributed by atoms with Crippen molar-refractivity contribution in [2.24, 2.45) is 0 Å². The standard InChI is InChI=1S/C23H21N3O6/c1-13(2)31-23(27)22-16(12-30-3)20-18(11-24-22)25-17-5-4-6-19(21(17)20)32-15-9-7-14(8-10-15)26(28)29/h4-11,13,25H,12H2,1-3H3. The molecule has 0 atom stereocenters. The molecule has 32 heavy (non-hydrogen) atoms. The van der Waals surface area contributed by atoms with Crippen LogP contribution in [0.15, 0.2) is 48.7 Å². The molecular formula is C23H21N3O6. The summed E-state index contributed by atoms with van der Waals surface area (Å²) in [7, 11) is 1.54. The molecule has 4 aromatic rings. The number of hydrogen-bond acceptors (Lipinski definition) is 7. The molecule has 9 nitrogen and oxygen atoms in total. The zero-order chi connectivity index (χ0) is 22.8. The van der Waals surface area contributed by atoms with Crippen LogP contribution in [0.5, 0.6) is 11.5 Å². The Bertz CT molecular complexity index is 1310. The first kappa shape index (κ1) is 21.3. The lowest BCUT2D eigenvalue weighted by Crippen LogP contribution is -2.15. The van der Waals surface area contributed by atoms with Crippen LogP contribution in [0, 0.1) is 10.1 Å². The van der Waals surface area contributed by atoms with Crippen molar-refractivity contribution >= 4 is 33.5 Å². The van der Waals surface area contributed by atoms with E-state index in [0.717, 1.165) is 16.3 Å². The fraction of sp³-hybridized carbons (Fsp3) is 0.217. The van der Waals surface area contributed by atoms with Crippen LogP contribution in [0.25, 0.3) is 21.8 Å². The highest BCUT2D eigenvalue weighted by Gasteiger charge is 2.23. The smallest absolute Gasteiger partial charge is 0.357 e. The van der Waals surface area contributed by atoms with E-state index in [0.29, 0.717) is 22.6 Å². The summed E-state index contributed by atoms with van der Waals surface area (Å²) in [6, 6.07) is 11.3. The molecule has 4 rings (SSSR count). The Morgan fingerprint density at radius 2 is 1.88 bits per heavy atom. The fourth-order valence-corrected chi connectivity index (χ4v) is 3.55. The van der Waals surface area contributed by atoms with Crippen molar-refractivity contribution in [3.63, 3.8) is 0 Å². The lowest BCUT2D eigenvalue weighted by Gasteiger charge is -2.13. The minimum Gasteiger partial charge on any atom is -0.458 e. The van der Waals surface area contributed by atoms with Crippen molar-refractivity contribution in [1.82, 2.24) is 9.97 Å². The number of fused-ring (bicyclic) bond motifs is 3. The topological polar surface area (TPSA) is 117 Å². The van der Waals surface area contributed by atoms with Crippen molar-refractivity contribution < 1.29 is 23.9 Å². The molecule has 2 aromatic carbocycles. The molecule has 0 aliphatic heterocycles. The third kappa shape index (κ3) is 3.97. The number of benzene rings is 2. The Morgan fingerprint density at radius 1 is 1.12 bits per heavy atom. The van der Waals surface area contributed by atoms with Crippen LogP contribution >= 0.6 is 0 Å². The van der Waals surface area contributed by atoms with Gasteiger partial charge in [0.1, 0.15) is 11.5 Å². The van der Waals surface area contributed by atoms with Gasteiger partial charge in [-0.2, -0.15) is 0 Å². The molecule has 1 N–H and O–H groups in total. The van der Waals surface area contributed by atoms with E-state index < -0.39 is 10.9 Å². The summed E-state index contributed by atoms with van der Waals surface area (Å²) in [5.41, 5.74) is 2.24. The molecule has 0 saturated heterocycles. The zero-order valence-corrected chi connectivity index (χ0v) is 17.7. The molecule has 0 bridgehead atoms. The number of ether oxygens (including phenoxy) is 3. The number of nitro groups is 1. The average Bonchev–Trinajstić information content (AvgIpc) is 3.14. The first-order valence-electron chi connectivity index (χ1n) is 9.93. The highest BCUT2D eigenvalue weighted by atomic mass is 16.6. The predicted octanol–water partition coefficient (Wildman–Crippen LogP) is 5.13. The molecule has 0 amide bonds. The third-order valence-corrected chi connectivity index (χ3v) is 4.83. The summed E-state index contributed by atoms with van der Waals surface area (Å²) >= 11 is 0. The fourth-order valence-electron chi connectivity index (χ4n) is 3.55. The first-order valence-corrected chi connectivity index (χ1v) is 9.93. The number of hydrogen-bond donors (Lipinski definition) is 1. The van der Waals surface area contributed by atoms with Crippen LogP contribution < -0.4 is 4.74 Å². The maximum absolute atomic E-state index is 12.7. The van der Waals surface area contributed by atoms with E-state index >= 15 is 0 Å². The monoisotopic (exact) mass is 435 g/mol. The molecule has 2 aromatic heterocycles. The molecule has 0 unspecified atom stereocenters. The van der Waals surface area contributed by atoms with Crippen molar-refractivity contribution in [2.75, 3.05) is 7.11 Å². The second-order valence-corrected chi connectivity index (χ2v) is 7.42. The summed E-state index contributed by atoms with van der Waals surface area (Å²) in [6.45, 7) is 3.69. The number of pyridine rings is 1. The Morgan fingerprint density at radius 3 is 2.53 bits per heavy atom. The lowest BCUT2D eigenvalue weighted by molar-refractivity contribution is -0.384. The number of aromatic amines is 1. The molecule has 164 valence electrons. The second-order valence-electron chi connectivity index (χ2n) is 7.42. The van der Waals surface area contributed by atoms with Crippen LogP contribution in [0.3, 0.4) is 0 Å². The van der Waals surface area contributed by atoms with Gasteiger partial charge >= 0.3 is 5.97 Å². The number of nitro benzene ring substituents is 1. The highest BCUT2D eigenvalue weighted by molar-refractivity contribution is 6.13. The molecule has 0 fully saturated rings.